The van der Waals surface area contributed by atoms with E-state index in [4.69, 9.17) is 0 Å². The summed E-state index contributed by atoms with van der Waals surface area (Å²) in [6.07, 6.45) is 4.55. The van der Waals surface area contributed by atoms with Crippen molar-refractivity contribution in [3.63, 3.8) is 0 Å². The van der Waals surface area contributed by atoms with Crippen LogP contribution in [0.25, 0.3) is 11.0 Å². The lowest BCUT2D eigenvalue weighted by Crippen LogP contribution is -2.39. The van der Waals surface area contributed by atoms with E-state index in [9.17, 15) is 9.59 Å². The average Bonchev–Trinajstić information content (AvgIpc) is 3.15. The van der Waals surface area contributed by atoms with Gasteiger partial charge >= 0.3 is 0 Å². The first-order valence-corrected chi connectivity index (χ1v) is 10.7. The maximum Gasteiger partial charge on any atom is 0.263 e. The summed E-state index contributed by atoms with van der Waals surface area (Å²) < 4.78 is 2.63. The number of hydrogen-bond acceptors (Lipinski definition) is 6. The molecule has 3 aromatic heterocycles. The number of nitrogens with zero attached hydrogens (tertiary/aromatic N) is 5. The summed E-state index contributed by atoms with van der Waals surface area (Å²) in [5.41, 5.74) is 0.0838. The van der Waals surface area contributed by atoms with E-state index in [0.29, 0.717) is 48.7 Å². The number of nitrogens with one attached hydrogen (secondary N) is 2. The van der Waals surface area contributed by atoms with Crippen molar-refractivity contribution in [2.24, 2.45) is 5.92 Å². The summed E-state index contributed by atoms with van der Waals surface area (Å²) in [5.74, 6) is 0.916. The Morgan fingerprint density at radius 3 is 2.60 bits per heavy atom. The van der Waals surface area contributed by atoms with Crippen LogP contribution >= 0.6 is 15.9 Å². The Balaban J connectivity index is 1.47. The Morgan fingerprint density at radius 2 is 1.97 bits per heavy atom. The van der Waals surface area contributed by atoms with Crippen molar-refractivity contribution in [2.75, 3.05) is 23.3 Å². The van der Waals surface area contributed by atoms with Crippen LogP contribution in [0.2, 0.25) is 0 Å². The number of pyridine rings is 1. The Bertz CT molecular complexity index is 1120. The molecule has 1 saturated heterocycles. The monoisotopic (exact) mass is 473 g/mol. The van der Waals surface area contributed by atoms with Crippen LogP contribution in [0.15, 0.2) is 33.8 Å². The van der Waals surface area contributed by atoms with Crippen molar-refractivity contribution < 1.29 is 4.79 Å². The molecule has 0 saturated carbocycles. The smallest absolute Gasteiger partial charge is 0.263 e. The van der Waals surface area contributed by atoms with Gasteiger partial charge in [0.05, 0.1) is 11.7 Å². The van der Waals surface area contributed by atoms with Crippen molar-refractivity contribution in [1.29, 1.82) is 0 Å². The fourth-order valence-electron chi connectivity index (χ4n) is 3.58. The third kappa shape index (κ3) is 4.09. The number of carbonyl (C=O) groups excluding carboxylic acids is 1. The van der Waals surface area contributed by atoms with E-state index in [-0.39, 0.29) is 22.9 Å². The minimum Gasteiger partial charge on any atom is -0.342 e. The Labute approximate surface area is 182 Å². The lowest BCUT2D eigenvalue weighted by molar-refractivity contribution is -0.120. The molecule has 3 aromatic rings. The summed E-state index contributed by atoms with van der Waals surface area (Å²) in [6, 6.07) is 3.60. The lowest BCUT2D eigenvalue weighted by Gasteiger charge is -2.31. The summed E-state index contributed by atoms with van der Waals surface area (Å²) in [7, 11) is 0. The molecule has 0 aromatic carbocycles. The number of fused-ring (bicyclic) bond motifs is 1. The third-order valence-corrected chi connectivity index (χ3v) is 5.67. The SMILES string of the molecule is CC(C)(C)n1ncc2c(=O)[nH]c(N3CCC(C(=O)Nc4ccc(Br)cn4)CC3)nc21. The molecule has 0 bridgehead atoms. The van der Waals surface area contributed by atoms with Crippen molar-refractivity contribution in [2.45, 2.75) is 39.2 Å². The summed E-state index contributed by atoms with van der Waals surface area (Å²) in [4.78, 5) is 38.9. The standard InChI is InChI=1S/C20H24BrN7O2/c1-20(2,3)28-16-14(11-23-28)18(30)26-19(25-16)27-8-6-12(7-9-27)17(29)24-15-5-4-13(21)10-22-15/h4-5,10-12H,6-9H2,1-3H3,(H,22,24,29)(H,25,26,30). The highest BCUT2D eigenvalue weighted by Gasteiger charge is 2.27. The van der Waals surface area contributed by atoms with Gasteiger partial charge in [-0.2, -0.15) is 10.1 Å². The van der Waals surface area contributed by atoms with Gasteiger partial charge in [-0.3, -0.25) is 14.6 Å². The van der Waals surface area contributed by atoms with Gasteiger partial charge in [-0.15, -0.1) is 0 Å². The number of aromatic nitrogens is 5. The van der Waals surface area contributed by atoms with Gasteiger partial charge in [0, 0.05) is 29.7 Å². The number of rotatable bonds is 3. The zero-order valence-corrected chi connectivity index (χ0v) is 18.7. The van der Waals surface area contributed by atoms with Crippen LogP contribution in [-0.4, -0.2) is 43.7 Å². The van der Waals surface area contributed by atoms with Crippen molar-refractivity contribution in [3.8, 4) is 0 Å². The van der Waals surface area contributed by atoms with Gasteiger partial charge in [0.1, 0.15) is 11.2 Å². The van der Waals surface area contributed by atoms with Crippen molar-refractivity contribution in [3.05, 3.63) is 39.4 Å². The molecule has 158 valence electrons. The maximum absolute atomic E-state index is 12.6. The predicted molar refractivity (Wildman–Crippen MR) is 119 cm³/mol. The highest BCUT2D eigenvalue weighted by Crippen LogP contribution is 2.24. The molecule has 0 aliphatic carbocycles. The van der Waals surface area contributed by atoms with Crippen molar-refractivity contribution >= 4 is 44.6 Å². The van der Waals surface area contributed by atoms with Gasteiger partial charge in [0.2, 0.25) is 11.9 Å². The van der Waals surface area contributed by atoms with Gasteiger partial charge in [-0.05, 0) is 61.7 Å². The number of carbonyl (C=O) groups is 1. The third-order valence-electron chi connectivity index (χ3n) is 5.20. The topological polar surface area (TPSA) is 109 Å². The predicted octanol–water partition coefficient (Wildman–Crippen LogP) is 2.89. The van der Waals surface area contributed by atoms with Gasteiger partial charge in [-0.1, -0.05) is 0 Å². The summed E-state index contributed by atoms with van der Waals surface area (Å²) in [5, 5.41) is 7.70. The quantitative estimate of drug-likeness (QED) is 0.605. The zero-order valence-electron chi connectivity index (χ0n) is 17.1. The summed E-state index contributed by atoms with van der Waals surface area (Å²) >= 11 is 3.33. The molecule has 1 aliphatic heterocycles. The number of hydrogen-bond donors (Lipinski definition) is 2. The second kappa shape index (κ2) is 7.82. The molecule has 1 aliphatic rings. The number of anilines is 2. The largest absolute Gasteiger partial charge is 0.342 e. The van der Waals surface area contributed by atoms with E-state index < -0.39 is 0 Å². The maximum atomic E-state index is 12.6. The van der Waals surface area contributed by atoms with Crippen LogP contribution in [0, 0.1) is 5.92 Å². The first kappa shape index (κ1) is 20.5. The first-order valence-electron chi connectivity index (χ1n) is 9.88. The lowest BCUT2D eigenvalue weighted by atomic mass is 9.96. The summed E-state index contributed by atoms with van der Waals surface area (Å²) in [6.45, 7) is 7.32. The first-order chi connectivity index (χ1) is 14.2. The van der Waals surface area contributed by atoms with E-state index in [1.54, 1.807) is 23.1 Å². The Kier molecular flexibility index (Phi) is 5.35. The number of piperidine rings is 1. The molecule has 1 amide bonds. The molecule has 0 unspecified atom stereocenters. The Morgan fingerprint density at radius 1 is 1.23 bits per heavy atom. The van der Waals surface area contributed by atoms with Gasteiger partial charge in [0.15, 0.2) is 5.65 Å². The zero-order chi connectivity index (χ0) is 21.5. The molecule has 4 rings (SSSR count). The normalized spacial score (nSPS) is 15.5. The molecule has 4 heterocycles. The molecular formula is C20H24BrN7O2. The van der Waals surface area contributed by atoms with E-state index in [0.717, 1.165) is 4.47 Å². The number of aromatic amines is 1. The van der Waals surface area contributed by atoms with Crippen LogP contribution < -0.4 is 15.8 Å². The second-order valence-electron chi connectivity index (χ2n) is 8.47. The molecule has 30 heavy (non-hydrogen) atoms. The Hall–Kier alpha value is -2.75. The van der Waals surface area contributed by atoms with Crippen LogP contribution in [0.5, 0.6) is 0 Å². The average molecular weight is 474 g/mol. The van der Waals surface area contributed by atoms with E-state index >= 15 is 0 Å². The van der Waals surface area contributed by atoms with Crippen LogP contribution in [0.4, 0.5) is 11.8 Å². The molecule has 0 atom stereocenters. The molecule has 10 heteroatoms. The fraction of sp³-hybridized carbons (Fsp3) is 0.450. The number of amides is 1. The minimum absolute atomic E-state index is 0.0350. The minimum atomic E-state index is -0.286. The molecule has 0 radical (unpaired) electrons. The van der Waals surface area contributed by atoms with Crippen LogP contribution in [-0.2, 0) is 10.3 Å². The van der Waals surface area contributed by atoms with E-state index in [1.165, 1.54) is 0 Å². The molecular weight excluding hydrogens is 450 g/mol. The van der Waals surface area contributed by atoms with Crippen LogP contribution in [0.3, 0.4) is 0 Å². The second-order valence-corrected chi connectivity index (χ2v) is 9.38. The highest BCUT2D eigenvalue weighted by atomic mass is 79.9. The molecule has 2 N–H and O–H groups in total. The van der Waals surface area contributed by atoms with Crippen molar-refractivity contribution in [1.82, 2.24) is 24.7 Å². The van der Waals surface area contributed by atoms with Gasteiger partial charge in [-0.25, -0.2) is 9.67 Å². The molecule has 9 nitrogen and oxygen atoms in total. The molecule has 1 fully saturated rings. The fourth-order valence-corrected chi connectivity index (χ4v) is 3.81. The number of H-pyrrole nitrogens is 1. The van der Waals surface area contributed by atoms with E-state index in [1.807, 2.05) is 31.7 Å². The molecule has 0 spiro atoms. The van der Waals surface area contributed by atoms with E-state index in [2.05, 4.69) is 41.3 Å². The van der Waals surface area contributed by atoms with Gasteiger partial charge in [0.25, 0.3) is 5.56 Å². The highest BCUT2D eigenvalue weighted by molar-refractivity contribution is 9.10. The van der Waals surface area contributed by atoms with Gasteiger partial charge < -0.3 is 10.2 Å². The number of halogens is 1. The van der Waals surface area contributed by atoms with Crippen LogP contribution in [0.1, 0.15) is 33.6 Å².